The minimum Gasteiger partial charge on any atom is -0.374 e. The van der Waals surface area contributed by atoms with Gasteiger partial charge < -0.3 is 10.6 Å². The molecule has 1 saturated heterocycles. The Morgan fingerprint density at radius 2 is 2.24 bits per heavy atom. The maximum absolute atomic E-state index is 11.8. The van der Waals surface area contributed by atoms with Crippen molar-refractivity contribution in [2.45, 2.75) is 32.2 Å². The number of hydrogen-bond acceptors (Lipinski definition) is 2. The first kappa shape index (κ1) is 12.2. The van der Waals surface area contributed by atoms with Crippen LogP contribution in [0.25, 0.3) is 0 Å². The van der Waals surface area contributed by atoms with Gasteiger partial charge in [-0.15, -0.1) is 0 Å². The van der Waals surface area contributed by atoms with Crippen molar-refractivity contribution in [1.29, 1.82) is 0 Å². The lowest BCUT2D eigenvalue weighted by Gasteiger charge is -2.17. The number of nitrogens with one attached hydrogen (secondary N) is 2. The predicted molar refractivity (Wildman–Crippen MR) is 70.5 cm³/mol. The molecule has 1 aliphatic rings. The van der Waals surface area contributed by atoms with Gasteiger partial charge in [0.2, 0.25) is 5.91 Å². The molecule has 1 aromatic carbocycles. The van der Waals surface area contributed by atoms with Crippen molar-refractivity contribution in [3.05, 3.63) is 28.8 Å². The summed E-state index contributed by atoms with van der Waals surface area (Å²) in [5, 5.41) is 6.87. The van der Waals surface area contributed by atoms with Crippen molar-refractivity contribution in [3.8, 4) is 0 Å². The number of aryl methyl sites for hydroxylation is 1. The fraction of sp³-hybridized carbons (Fsp3) is 0.462. The minimum atomic E-state index is -0.142. The van der Waals surface area contributed by atoms with Gasteiger partial charge in [0.1, 0.15) is 6.04 Å². The Hall–Kier alpha value is -1.22. The molecular weight excluding hydrogens is 236 g/mol. The predicted octanol–water partition coefficient (Wildman–Crippen LogP) is 2.73. The Morgan fingerprint density at radius 3 is 3.00 bits per heavy atom. The average Bonchev–Trinajstić information content (AvgIpc) is 2.50. The number of rotatable bonds is 2. The third-order valence-corrected chi connectivity index (χ3v) is 3.46. The van der Waals surface area contributed by atoms with Gasteiger partial charge in [-0.25, -0.2) is 0 Å². The zero-order valence-corrected chi connectivity index (χ0v) is 10.7. The number of amides is 1. The molecule has 1 fully saturated rings. The highest BCUT2D eigenvalue weighted by Gasteiger charge is 2.20. The molecule has 1 atom stereocenters. The summed E-state index contributed by atoms with van der Waals surface area (Å²) in [6, 6.07) is 5.64. The smallest absolute Gasteiger partial charge is 0.242 e. The maximum Gasteiger partial charge on any atom is 0.242 e. The van der Waals surface area contributed by atoms with Crippen LogP contribution in [0.2, 0.25) is 5.02 Å². The highest BCUT2D eigenvalue weighted by atomic mass is 35.5. The lowest BCUT2D eigenvalue weighted by atomic mass is 10.1. The van der Waals surface area contributed by atoms with Crippen LogP contribution in [0.1, 0.15) is 24.8 Å². The van der Waals surface area contributed by atoms with Crippen LogP contribution in [-0.4, -0.2) is 18.5 Å². The molecule has 0 unspecified atom stereocenters. The summed E-state index contributed by atoms with van der Waals surface area (Å²) < 4.78 is 0. The van der Waals surface area contributed by atoms with Crippen LogP contribution in [0.3, 0.4) is 0 Å². The van der Waals surface area contributed by atoms with Crippen LogP contribution < -0.4 is 10.6 Å². The first-order valence-corrected chi connectivity index (χ1v) is 6.35. The van der Waals surface area contributed by atoms with Crippen molar-refractivity contribution in [3.63, 3.8) is 0 Å². The molecule has 0 aromatic heterocycles. The van der Waals surface area contributed by atoms with E-state index in [0.29, 0.717) is 0 Å². The average molecular weight is 253 g/mol. The van der Waals surface area contributed by atoms with Crippen LogP contribution in [0, 0.1) is 6.92 Å². The Bertz CT molecular complexity index is 420. The second-order valence-electron chi connectivity index (χ2n) is 4.45. The van der Waals surface area contributed by atoms with Gasteiger partial charge in [-0.2, -0.15) is 0 Å². The van der Waals surface area contributed by atoms with Gasteiger partial charge in [-0.05, 0) is 43.9 Å². The molecule has 1 aliphatic heterocycles. The molecule has 1 amide bonds. The van der Waals surface area contributed by atoms with E-state index < -0.39 is 0 Å². The largest absolute Gasteiger partial charge is 0.374 e. The second-order valence-corrected chi connectivity index (χ2v) is 4.85. The highest BCUT2D eigenvalue weighted by Crippen LogP contribution is 2.21. The summed E-state index contributed by atoms with van der Waals surface area (Å²) in [6.07, 6.45) is 2.99. The Morgan fingerprint density at radius 1 is 1.41 bits per heavy atom. The summed E-state index contributed by atoms with van der Waals surface area (Å²) >= 11 is 6.06. The van der Waals surface area contributed by atoms with Crippen molar-refractivity contribution in [1.82, 2.24) is 5.32 Å². The van der Waals surface area contributed by atoms with Gasteiger partial charge in [-0.1, -0.05) is 17.7 Å². The van der Waals surface area contributed by atoms with Gasteiger partial charge in [0.25, 0.3) is 0 Å². The monoisotopic (exact) mass is 252 g/mol. The van der Waals surface area contributed by atoms with Crippen LogP contribution in [-0.2, 0) is 4.79 Å². The molecular formula is C13H17ClN2O. The van der Waals surface area contributed by atoms with E-state index in [4.69, 9.17) is 11.6 Å². The second kappa shape index (κ2) is 5.41. The summed E-state index contributed by atoms with van der Waals surface area (Å²) in [7, 11) is 0. The fourth-order valence-corrected chi connectivity index (χ4v) is 2.14. The molecule has 0 aliphatic carbocycles. The van der Waals surface area contributed by atoms with Crippen LogP contribution in [0.15, 0.2) is 18.2 Å². The summed E-state index contributed by atoms with van der Waals surface area (Å²) in [4.78, 5) is 11.8. The SMILES string of the molecule is Cc1ccc(N[C@H]2CCCCNC2=O)cc1Cl. The van der Waals surface area contributed by atoms with E-state index in [1.165, 1.54) is 0 Å². The van der Waals surface area contributed by atoms with Crippen LogP contribution >= 0.6 is 11.6 Å². The van der Waals surface area contributed by atoms with Crippen LogP contribution in [0.5, 0.6) is 0 Å². The zero-order chi connectivity index (χ0) is 12.3. The molecule has 0 spiro atoms. The minimum absolute atomic E-state index is 0.0826. The van der Waals surface area contributed by atoms with Gasteiger partial charge >= 0.3 is 0 Å². The lowest BCUT2D eigenvalue weighted by molar-refractivity contribution is -0.121. The van der Waals surface area contributed by atoms with Crippen LogP contribution in [0.4, 0.5) is 5.69 Å². The summed E-state index contributed by atoms with van der Waals surface area (Å²) in [5.74, 6) is 0.0826. The van der Waals surface area contributed by atoms with Gasteiger partial charge in [-0.3, -0.25) is 4.79 Å². The molecule has 2 N–H and O–H groups in total. The molecule has 0 saturated carbocycles. The van der Waals surface area contributed by atoms with Gasteiger partial charge in [0.05, 0.1) is 0 Å². The number of carbonyl (C=O) groups excluding carboxylic acids is 1. The van der Waals surface area contributed by atoms with E-state index in [9.17, 15) is 4.79 Å². The van der Waals surface area contributed by atoms with E-state index >= 15 is 0 Å². The van der Waals surface area contributed by atoms with Crippen molar-refractivity contribution in [2.24, 2.45) is 0 Å². The third-order valence-electron chi connectivity index (χ3n) is 3.05. The Kier molecular flexibility index (Phi) is 3.89. The van der Waals surface area contributed by atoms with Gasteiger partial charge in [0.15, 0.2) is 0 Å². The topological polar surface area (TPSA) is 41.1 Å². The van der Waals surface area contributed by atoms with E-state index in [2.05, 4.69) is 10.6 Å². The van der Waals surface area contributed by atoms with Crippen molar-refractivity contribution >= 4 is 23.2 Å². The third kappa shape index (κ3) is 3.13. The lowest BCUT2D eigenvalue weighted by Crippen LogP contribution is -2.37. The fourth-order valence-electron chi connectivity index (χ4n) is 1.96. The summed E-state index contributed by atoms with van der Waals surface area (Å²) in [5.41, 5.74) is 1.95. The molecule has 92 valence electrons. The molecule has 17 heavy (non-hydrogen) atoms. The highest BCUT2D eigenvalue weighted by molar-refractivity contribution is 6.31. The first-order chi connectivity index (χ1) is 8.16. The quantitative estimate of drug-likeness (QED) is 0.850. The van der Waals surface area contributed by atoms with Crippen molar-refractivity contribution < 1.29 is 4.79 Å². The molecule has 3 nitrogen and oxygen atoms in total. The molecule has 2 rings (SSSR count). The Balaban J connectivity index is 2.08. The Labute approximate surface area is 107 Å². The van der Waals surface area contributed by atoms with Gasteiger partial charge in [0, 0.05) is 17.3 Å². The molecule has 1 heterocycles. The standard InChI is InChI=1S/C13H17ClN2O/c1-9-5-6-10(8-11(9)14)16-12-4-2-3-7-15-13(12)17/h5-6,8,12,16H,2-4,7H2,1H3,(H,15,17)/t12-/m0/s1. The molecule has 0 radical (unpaired) electrons. The van der Waals surface area contributed by atoms with E-state index in [1.54, 1.807) is 0 Å². The van der Waals surface area contributed by atoms with E-state index in [0.717, 1.165) is 42.1 Å². The number of halogens is 1. The zero-order valence-electron chi connectivity index (χ0n) is 9.92. The number of benzene rings is 1. The summed E-state index contributed by atoms with van der Waals surface area (Å²) in [6.45, 7) is 2.75. The maximum atomic E-state index is 11.8. The number of carbonyl (C=O) groups is 1. The number of hydrogen-bond donors (Lipinski definition) is 2. The van der Waals surface area contributed by atoms with E-state index in [1.807, 2.05) is 25.1 Å². The molecule has 1 aromatic rings. The first-order valence-electron chi connectivity index (χ1n) is 5.97. The molecule has 0 bridgehead atoms. The molecule has 4 heteroatoms. The van der Waals surface area contributed by atoms with Crippen molar-refractivity contribution in [2.75, 3.05) is 11.9 Å². The normalized spacial score (nSPS) is 20.6. The van der Waals surface area contributed by atoms with E-state index in [-0.39, 0.29) is 11.9 Å². The number of anilines is 1.